The maximum Gasteiger partial charge on any atom is 0.302 e. The Bertz CT molecular complexity index is 233. The zero-order valence-corrected chi connectivity index (χ0v) is 10.7. The van der Waals surface area contributed by atoms with Crippen molar-refractivity contribution in [3.05, 3.63) is 11.4 Å². The predicted octanol–water partition coefficient (Wildman–Crippen LogP) is -0.143. The van der Waals surface area contributed by atoms with Crippen LogP contribution in [0.4, 0.5) is 0 Å². The van der Waals surface area contributed by atoms with Crippen LogP contribution in [0.3, 0.4) is 0 Å². The van der Waals surface area contributed by atoms with Crippen molar-refractivity contribution in [1.29, 1.82) is 0 Å². The molecule has 5 nitrogen and oxygen atoms in total. The molecule has 0 radical (unpaired) electrons. The third-order valence-corrected chi connectivity index (χ3v) is 2.20. The second-order valence-electron chi connectivity index (χ2n) is 4.30. The molecule has 0 bridgehead atoms. The van der Waals surface area contributed by atoms with E-state index in [-0.39, 0.29) is 12.5 Å². The van der Waals surface area contributed by atoms with E-state index in [2.05, 4.69) is 4.85 Å². The quantitative estimate of drug-likeness (QED) is 0.566. The molecule has 0 N–H and O–H groups in total. The van der Waals surface area contributed by atoms with Crippen LogP contribution >= 0.6 is 0 Å². The Kier molecular flexibility index (Phi) is 7.52. The van der Waals surface area contributed by atoms with Gasteiger partial charge in [0.05, 0.1) is 0 Å². The minimum atomic E-state index is -0.0706. The number of carbonyl (C=O) groups excluding carboxylic acids is 1. The number of rotatable bonds is 7. The van der Waals surface area contributed by atoms with Gasteiger partial charge >= 0.3 is 5.91 Å². The largest absolute Gasteiger partial charge is 0.334 e. The Balaban J connectivity index is 4.16. The van der Waals surface area contributed by atoms with Gasteiger partial charge in [-0.3, -0.25) is 4.79 Å². The van der Waals surface area contributed by atoms with Crippen molar-refractivity contribution in [2.45, 2.75) is 0 Å². The van der Waals surface area contributed by atoms with E-state index < -0.39 is 0 Å². The Hall–Kier alpha value is -1.12. The highest BCUT2D eigenvalue weighted by atomic mass is 16.2. The Labute approximate surface area is 98.4 Å². The highest BCUT2D eigenvalue weighted by Crippen LogP contribution is 1.93. The summed E-state index contributed by atoms with van der Waals surface area (Å²) in [6, 6.07) is 0. The Morgan fingerprint density at radius 2 is 1.44 bits per heavy atom. The van der Waals surface area contributed by atoms with E-state index in [1.54, 1.807) is 4.90 Å². The molecule has 0 heterocycles. The molecule has 5 heteroatoms. The average molecular weight is 226 g/mol. The molecule has 16 heavy (non-hydrogen) atoms. The van der Waals surface area contributed by atoms with Crippen molar-refractivity contribution in [3.63, 3.8) is 0 Å². The minimum absolute atomic E-state index is 0.0408. The summed E-state index contributed by atoms with van der Waals surface area (Å²) >= 11 is 0. The molecule has 0 rings (SSSR count). The number of likely N-dealkylation sites (N-methyl/N-ethyl adjacent to an activating group) is 2. The molecular formula is C11H22N4O. The molecule has 0 fully saturated rings. The van der Waals surface area contributed by atoms with Crippen LogP contribution in [0.2, 0.25) is 0 Å². The molecule has 0 aliphatic heterocycles. The molecule has 0 aliphatic rings. The van der Waals surface area contributed by atoms with Gasteiger partial charge in [-0.1, -0.05) is 0 Å². The third-order valence-electron chi connectivity index (χ3n) is 2.20. The van der Waals surface area contributed by atoms with Crippen molar-refractivity contribution >= 4 is 5.91 Å². The number of hydrogen-bond donors (Lipinski definition) is 0. The summed E-state index contributed by atoms with van der Waals surface area (Å²) in [5.74, 6) is -0.0706. The summed E-state index contributed by atoms with van der Waals surface area (Å²) in [7, 11) is 7.90. The summed E-state index contributed by atoms with van der Waals surface area (Å²) in [6.45, 7) is 9.72. The lowest BCUT2D eigenvalue weighted by Crippen LogP contribution is -2.41. The summed E-state index contributed by atoms with van der Waals surface area (Å²) in [4.78, 5) is 20.6. The lowest BCUT2D eigenvalue weighted by Gasteiger charge is -2.24. The first-order valence-corrected chi connectivity index (χ1v) is 5.37. The predicted molar refractivity (Wildman–Crippen MR) is 65.2 cm³/mol. The van der Waals surface area contributed by atoms with Gasteiger partial charge in [-0.15, -0.1) is 0 Å². The molecule has 0 atom stereocenters. The van der Waals surface area contributed by atoms with Crippen LogP contribution in [0.5, 0.6) is 0 Å². The fraction of sp³-hybridized carbons (Fsp3) is 0.818. The van der Waals surface area contributed by atoms with Crippen LogP contribution in [-0.4, -0.2) is 81.5 Å². The van der Waals surface area contributed by atoms with Crippen molar-refractivity contribution in [2.75, 3.05) is 60.9 Å². The molecule has 92 valence electrons. The Morgan fingerprint density at radius 3 is 1.75 bits per heavy atom. The van der Waals surface area contributed by atoms with Gasteiger partial charge in [0.15, 0.2) is 0 Å². The molecular weight excluding hydrogens is 204 g/mol. The first kappa shape index (κ1) is 14.9. The zero-order valence-electron chi connectivity index (χ0n) is 10.7. The fourth-order valence-electron chi connectivity index (χ4n) is 1.17. The van der Waals surface area contributed by atoms with Crippen molar-refractivity contribution in [2.24, 2.45) is 0 Å². The van der Waals surface area contributed by atoms with Crippen molar-refractivity contribution in [1.82, 2.24) is 14.7 Å². The lowest BCUT2D eigenvalue weighted by atomic mass is 10.4. The summed E-state index contributed by atoms with van der Waals surface area (Å²) in [5.41, 5.74) is 0. The normalized spacial score (nSPS) is 10.6. The van der Waals surface area contributed by atoms with Crippen LogP contribution in [0.15, 0.2) is 0 Å². The monoisotopic (exact) mass is 226 g/mol. The fourth-order valence-corrected chi connectivity index (χ4v) is 1.17. The van der Waals surface area contributed by atoms with E-state index in [0.717, 1.165) is 13.1 Å². The topological polar surface area (TPSA) is 31.2 Å². The highest BCUT2D eigenvalue weighted by Gasteiger charge is 2.15. The second-order valence-corrected chi connectivity index (χ2v) is 4.30. The van der Waals surface area contributed by atoms with Crippen LogP contribution in [0.25, 0.3) is 4.85 Å². The van der Waals surface area contributed by atoms with Crippen molar-refractivity contribution in [3.8, 4) is 0 Å². The van der Waals surface area contributed by atoms with E-state index in [1.807, 2.05) is 38.0 Å². The van der Waals surface area contributed by atoms with Crippen LogP contribution in [0, 0.1) is 6.57 Å². The maximum absolute atomic E-state index is 11.6. The average Bonchev–Trinajstić information content (AvgIpc) is 2.17. The first-order chi connectivity index (χ1) is 7.47. The SMILES string of the molecule is [C-]#[N+]CC(=O)N(CCN(C)C)CCN(C)C. The third kappa shape index (κ3) is 7.21. The number of nitrogens with zero attached hydrogens (tertiary/aromatic N) is 4. The molecule has 0 saturated carbocycles. The van der Waals surface area contributed by atoms with Gasteiger partial charge in [0, 0.05) is 26.2 Å². The second kappa shape index (κ2) is 8.08. The van der Waals surface area contributed by atoms with E-state index >= 15 is 0 Å². The molecule has 0 aromatic rings. The molecule has 1 amide bonds. The summed E-state index contributed by atoms with van der Waals surface area (Å²) in [6.07, 6.45) is 0. The van der Waals surface area contributed by atoms with Gasteiger partial charge in [-0.2, -0.15) is 0 Å². The summed E-state index contributed by atoms with van der Waals surface area (Å²) in [5, 5.41) is 0. The molecule has 0 spiro atoms. The van der Waals surface area contributed by atoms with Gasteiger partial charge in [-0.05, 0) is 28.2 Å². The Morgan fingerprint density at radius 1 is 1.00 bits per heavy atom. The lowest BCUT2D eigenvalue weighted by molar-refractivity contribution is -0.129. The van der Waals surface area contributed by atoms with Gasteiger partial charge in [0.2, 0.25) is 0 Å². The minimum Gasteiger partial charge on any atom is -0.334 e. The molecule has 0 saturated heterocycles. The molecule has 0 aromatic heterocycles. The van der Waals surface area contributed by atoms with Gasteiger partial charge in [0.25, 0.3) is 6.54 Å². The zero-order chi connectivity index (χ0) is 12.6. The van der Waals surface area contributed by atoms with E-state index in [4.69, 9.17) is 6.57 Å². The van der Waals surface area contributed by atoms with E-state index in [1.165, 1.54) is 0 Å². The van der Waals surface area contributed by atoms with Gasteiger partial charge in [0.1, 0.15) is 0 Å². The van der Waals surface area contributed by atoms with Crippen LogP contribution in [0.1, 0.15) is 0 Å². The van der Waals surface area contributed by atoms with E-state index in [0.29, 0.717) is 13.1 Å². The van der Waals surface area contributed by atoms with Gasteiger partial charge < -0.3 is 19.5 Å². The van der Waals surface area contributed by atoms with Crippen molar-refractivity contribution < 1.29 is 4.79 Å². The molecule has 0 aliphatic carbocycles. The van der Waals surface area contributed by atoms with E-state index in [9.17, 15) is 4.79 Å². The van der Waals surface area contributed by atoms with Crippen LogP contribution in [-0.2, 0) is 4.79 Å². The maximum atomic E-state index is 11.6. The number of hydrogen-bond acceptors (Lipinski definition) is 3. The number of amides is 1. The first-order valence-electron chi connectivity index (χ1n) is 5.37. The molecule has 0 aromatic carbocycles. The smallest absolute Gasteiger partial charge is 0.302 e. The standard InChI is InChI=1S/C11H22N4O/c1-12-10-11(16)15(8-6-13(2)3)9-7-14(4)5/h6-10H2,2-5H3. The van der Waals surface area contributed by atoms with Crippen LogP contribution < -0.4 is 0 Å². The van der Waals surface area contributed by atoms with Gasteiger partial charge in [-0.25, -0.2) is 6.57 Å². The highest BCUT2D eigenvalue weighted by molar-refractivity contribution is 5.79. The number of carbonyl (C=O) groups is 1. The summed E-state index contributed by atoms with van der Waals surface area (Å²) < 4.78 is 0. The molecule has 0 unspecified atom stereocenters.